The number of ether oxygens (including phenoxy) is 1. The molecule has 1 aliphatic rings. The van der Waals surface area contributed by atoms with E-state index in [2.05, 4.69) is 11.2 Å². The Kier molecular flexibility index (Phi) is 3.17. The second kappa shape index (κ2) is 4.99. The van der Waals surface area contributed by atoms with Crippen molar-refractivity contribution in [2.24, 2.45) is 0 Å². The minimum Gasteiger partial charge on any atom is -0.382 e. The van der Waals surface area contributed by atoms with E-state index in [-0.39, 0.29) is 6.10 Å². The normalized spacial score (nSPS) is 18.1. The van der Waals surface area contributed by atoms with Gasteiger partial charge < -0.3 is 10.5 Å². The van der Waals surface area contributed by atoms with E-state index >= 15 is 0 Å². The van der Waals surface area contributed by atoms with Crippen LogP contribution < -0.4 is 5.73 Å². The number of nitrogens with zero attached hydrogens (tertiary/aromatic N) is 3. The summed E-state index contributed by atoms with van der Waals surface area (Å²) in [5.74, 6) is 0.378. The molecule has 3 rings (SSSR count). The summed E-state index contributed by atoms with van der Waals surface area (Å²) < 4.78 is 7.25. The molecule has 5 heteroatoms. The molecule has 1 aromatic heterocycles. The largest absolute Gasteiger partial charge is 0.382 e. The molecule has 2 aromatic rings. The lowest BCUT2D eigenvalue weighted by atomic mass is 10.1. The third kappa shape index (κ3) is 2.04. The number of nitriles is 1. The first-order valence-corrected chi connectivity index (χ1v) is 6.68. The van der Waals surface area contributed by atoms with E-state index in [1.807, 2.05) is 31.2 Å². The summed E-state index contributed by atoms with van der Waals surface area (Å²) in [7, 11) is 0. The molecule has 0 spiro atoms. The van der Waals surface area contributed by atoms with Gasteiger partial charge in [-0.2, -0.15) is 10.4 Å². The van der Waals surface area contributed by atoms with Gasteiger partial charge in [-0.15, -0.1) is 0 Å². The fourth-order valence-electron chi connectivity index (χ4n) is 2.54. The number of nitrogen functional groups attached to an aromatic ring is 1. The molecule has 1 atom stereocenters. The van der Waals surface area contributed by atoms with Crippen LogP contribution in [0, 0.1) is 18.3 Å². The Labute approximate surface area is 117 Å². The van der Waals surface area contributed by atoms with Crippen LogP contribution in [0.1, 0.15) is 35.8 Å². The maximum absolute atomic E-state index is 9.34. The number of aromatic nitrogens is 2. The van der Waals surface area contributed by atoms with Gasteiger partial charge in [-0.05, 0) is 37.5 Å². The fraction of sp³-hybridized carbons (Fsp3) is 0.333. The average Bonchev–Trinajstić information content (AvgIpc) is 3.05. The molecule has 20 heavy (non-hydrogen) atoms. The topological polar surface area (TPSA) is 76.9 Å². The first-order chi connectivity index (χ1) is 9.70. The van der Waals surface area contributed by atoms with Gasteiger partial charge in [0.25, 0.3) is 0 Å². The van der Waals surface area contributed by atoms with E-state index in [1.54, 1.807) is 4.68 Å². The minimum atomic E-state index is -0.113. The molecule has 0 unspecified atom stereocenters. The summed E-state index contributed by atoms with van der Waals surface area (Å²) in [5.41, 5.74) is 9.16. The number of hydrogen-bond acceptors (Lipinski definition) is 4. The molecule has 1 fully saturated rings. The van der Waals surface area contributed by atoms with E-state index in [4.69, 9.17) is 10.5 Å². The van der Waals surface area contributed by atoms with Crippen LogP contribution in [0.5, 0.6) is 0 Å². The van der Waals surface area contributed by atoms with Crippen molar-refractivity contribution in [3.8, 4) is 11.8 Å². The molecule has 0 aliphatic carbocycles. The zero-order valence-corrected chi connectivity index (χ0v) is 11.3. The first kappa shape index (κ1) is 12.7. The lowest BCUT2D eigenvalue weighted by Crippen LogP contribution is -2.03. The van der Waals surface area contributed by atoms with Crippen molar-refractivity contribution in [3.63, 3.8) is 0 Å². The highest BCUT2D eigenvalue weighted by molar-refractivity contribution is 5.57. The second-order valence-electron chi connectivity index (χ2n) is 5.01. The number of anilines is 1. The van der Waals surface area contributed by atoms with Crippen molar-refractivity contribution in [1.29, 1.82) is 5.26 Å². The van der Waals surface area contributed by atoms with Crippen molar-refractivity contribution in [1.82, 2.24) is 9.78 Å². The minimum absolute atomic E-state index is 0.113. The molecular formula is C15H16N4O. The van der Waals surface area contributed by atoms with Crippen molar-refractivity contribution >= 4 is 5.82 Å². The Balaban J connectivity index is 2.11. The summed E-state index contributed by atoms with van der Waals surface area (Å²) in [6.07, 6.45) is 1.77. The van der Waals surface area contributed by atoms with Crippen LogP contribution >= 0.6 is 0 Å². The molecular weight excluding hydrogens is 252 g/mol. The quantitative estimate of drug-likeness (QED) is 0.907. The van der Waals surface area contributed by atoms with Crippen molar-refractivity contribution in [3.05, 3.63) is 41.1 Å². The van der Waals surface area contributed by atoms with Crippen LogP contribution in [0.3, 0.4) is 0 Å². The molecule has 0 amide bonds. The van der Waals surface area contributed by atoms with Gasteiger partial charge in [0, 0.05) is 6.61 Å². The molecule has 1 aliphatic heterocycles. The standard InChI is InChI=1S/C15H16N4O/c1-10-4-2-5-11(8-10)19-15(17)12(9-16)14(18-19)13-6-3-7-20-13/h2,4-5,8,13H,3,6-7,17H2,1H3/t13-/m1/s1. The second-order valence-corrected chi connectivity index (χ2v) is 5.01. The monoisotopic (exact) mass is 268 g/mol. The summed E-state index contributed by atoms with van der Waals surface area (Å²) in [6, 6.07) is 10.0. The number of aryl methyl sites for hydroxylation is 1. The van der Waals surface area contributed by atoms with Crippen LogP contribution in [0.15, 0.2) is 24.3 Å². The highest BCUT2D eigenvalue weighted by Gasteiger charge is 2.27. The molecule has 1 saturated heterocycles. The Bertz CT molecular complexity index is 678. The van der Waals surface area contributed by atoms with Crippen molar-refractivity contribution in [2.45, 2.75) is 25.9 Å². The number of rotatable bonds is 2. The first-order valence-electron chi connectivity index (χ1n) is 6.68. The number of nitrogens with two attached hydrogens (primary N) is 1. The van der Waals surface area contributed by atoms with Crippen LogP contribution in [0.4, 0.5) is 5.82 Å². The van der Waals surface area contributed by atoms with Gasteiger partial charge in [-0.1, -0.05) is 12.1 Å². The lowest BCUT2D eigenvalue weighted by molar-refractivity contribution is 0.108. The highest BCUT2D eigenvalue weighted by Crippen LogP contribution is 2.33. The van der Waals surface area contributed by atoms with Crippen LogP contribution in [0.2, 0.25) is 0 Å². The summed E-state index contributed by atoms with van der Waals surface area (Å²) in [5, 5.41) is 13.9. The van der Waals surface area contributed by atoms with Gasteiger partial charge in [-0.3, -0.25) is 0 Å². The zero-order valence-electron chi connectivity index (χ0n) is 11.3. The van der Waals surface area contributed by atoms with E-state index in [0.29, 0.717) is 23.7 Å². The molecule has 0 saturated carbocycles. The van der Waals surface area contributed by atoms with Crippen molar-refractivity contribution < 1.29 is 4.74 Å². The summed E-state index contributed by atoms with van der Waals surface area (Å²) >= 11 is 0. The third-order valence-corrected chi connectivity index (χ3v) is 3.54. The van der Waals surface area contributed by atoms with E-state index in [0.717, 1.165) is 24.1 Å². The summed E-state index contributed by atoms with van der Waals surface area (Å²) in [6.45, 7) is 2.72. The van der Waals surface area contributed by atoms with Crippen LogP contribution in [0.25, 0.3) is 5.69 Å². The highest BCUT2D eigenvalue weighted by atomic mass is 16.5. The predicted octanol–water partition coefficient (Wildman–Crippen LogP) is 2.49. The molecule has 2 heterocycles. The Morgan fingerprint density at radius 1 is 1.50 bits per heavy atom. The van der Waals surface area contributed by atoms with Gasteiger partial charge in [0.1, 0.15) is 29.2 Å². The van der Waals surface area contributed by atoms with Crippen LogP contribution in [-0.2, 0) is 4.74 Å². The Morgan fingerprint density at radius 3 is 3.00 bits per heavy atom. The number of hydrogen-bond donors (Lipinski definition) is 1. The SMILES string of the molecule is Cc1cccc(-n2nc([C@H]3CCCO3)c(C#N)c2N)c1. The molecule has 1 aromatic carbocycles. The van der Waals surface area contributed by atoms with Gasteiger partial charge >= 0.3 is 0 Å². The van der Waals surface area contributed by atoms with Crippen molar-refractivity contribution in [2.75, 3.05) is 12.3 Å². The maximum atomic E-state index is 9.34. The van der Waals surface area contributed by atoms with Gasteiger partial charge in [0.15, 0.2) is 0 Å². The van der Waals surface area contributed by atoms with E-state index in [9.17, 15) is 5.26 Å². The maximum Gasteiger partial charge on any atom is 0.145 e. The van der Waals surface area contributed by atoms with Gasteiger partial charge in [0.2, 0.25) is 0 Å². The fourth-order valence-corrected chi connectivity index (χ4v) is 2.54. The van der Waals surface area contributed by atoms with E-state index < -0.39 is 0 Å². The molecule has 102 valence electrons. The lowest BCUT2D eigenvalue weighted by Gasteiger charge is -2.06. The van der Waals surface area contributed by atoms with Crippen LogP contribution in [-0.4, -0.2) is 16.4 Å². The Morgan fingerprint density at radius 2 is 2.35 bits per heavy atom. The zero-order chi connectivity index (χ0) is 14.1. The third-order valence-electron chi connectivity index (χ3n) is 3.54. The molecule has 5 nitrogen and oxygen atoms in total. The molecule has 2 N–H and O–H groups in total. The van der Waals surface area contributed by atoms with Gasteiger partial charge in [-0.25, -0.2) is 4.68 Å². The molecule has 0 radical (unpaired) electrons. The van der Waals surface area contributed by atoms with Gasteiger partial charge in [0.05, 0.1) is 5.69 Å². The average molecular weight is 268 g/mol. The smallest absolute Gasteiger partial charge is 0.145 e. The van der Waals surface area contributed by atoms with E-state index in [1.165, 1.54) is 0 Å². The molecule has 0 bridgehead atoms. The number of benzene rings is 1. The predicted molar refractivity (Wildman–Crippen MR) is 75.4 cm³/mol. The Hall–Kier alpha value is -2.32. The summed E-state index contributed by atoms with van der Waals surface area (Å²) in [4.78, 5) is 0.